The average molecular weight is 454 g/mol. The molecule has 8 heteroatoms. The van der Waals surface area contributed by atoms with Gasteiger partial charge in [-0.1, -0.05) is 62.0 Å². The van der Waals surface area contributed by atoms with Gasteiger partial charge in [-0.15, -0.1) is 10.2 Å². The minimum Gasteiger partial charge on any atom is -0.490 e. The molecule has 0 bridgehead atoms. The molecule has 0 unspecified atom stereocenters. The predicted molar refractivity (Wildman–Crippen MR) is 122 cm³/mol. The van der Waals surface area contributed by atoms with Gasteiger partial charge in [-0.25, -0.2) is 0 Å². The first-order chi connectivity index (χ1) is 15.6. The van der Waals surface area contributed by atoms with E-state index in [1.807, 2.05) is 48.5 Å². The summed E-state index contributed by atoms with van der Waals surface area (Å²) >= 11 is 1.24. The smallest absolute Gasteiger partial charge is 0.277 e. The van der Waals surface area contributed by atoms with Gasteiger partial charge < -0.3 is 19.2 Å². The largest absolute Gasteiger partial charge is 0.490 e. The molecule has 32 heavy (non-hydrogen) atoms. The minimum absolute atomic E-state index is 0.0939. The average Bonchev–Trinajstić information content (AvgIpc) is 3.10. The summed E-state index contributed by atoms with van der Waals surface area (Å²) in [6, 6.07) is 15.7. The number of nitrogens with one attached hydrogen (secondary N) is 1. The van der Waals surface area contributed by atoms with E-state index in [1.54, 1.807) is 0 Å². The summed E-state index contributed by atoms with van der Waals surface area (Å²) < 4.78 is 17.2. The van der Waals surface area contributed by atoms with Crippen LogP contribution < -0.4 is 14.8 Å². The van der Waals surface area contributed by atoms with Gasteiger partial charge in [0.1, 0.15) is 0 Å². The van der Waals surface area contributed by atoms with E-state index >= 15 is 0 Å². The number of rotatable bonds is 8. The van der Waals surface area contributed by atoms with Crippen molar-refractivity contribution in [3.05, 3.63) is 65.5 Å². The lowest BCUT2D eigenvalue weighted by molar-refractivity contribution is -0.119. The van der Waals surface area contributed by atoms with Gasteiger partial charge >= 0.3 is 0 Å². The fraction of sp³-hybridized carbons (Fsp3) is 0.375. The number of carbonyl (C=O) groups excluding carboxylic acids is 1. The number of carbonyl (C=O) groups is 1. The number of amides is 1. The molecule has 1 N–H and O–H groups in total. The summed E-state index contributed by atoms with van der Waals surface area (Å²) in [7, 11) is 0. The van der Waals surface area contributed by atoms with E-state index < -0.39 is 0 Å². The Morgan fingerprint density at radius 1 is 1.06 bits per heavy atom. The van der Waals surface area contributed by atoms with E-state index in [-0.39, 0.29) is 23.6 Å². The van der Waals surface area contributed by atoms with Gasteiger partial charge in [-0.05, 0) is 29.2 Å². The van der Waals surface area contributed by atoms with Crippen molar-refractivity contribution < 1.29 is 18.7 Å². The standard InChI is InChI=1S/C24H27N3O4S/c1-16(2)23(18-9-10-19-20(14-18)30-12-6-11-29-19)25-21(28)15-32-24-27-26-22(31-24)13-17-7-4-3-5-8-17/h3-5,7-10,14,16,23H,6,11-13,15H2,1-2H3,(H,25,28)/t23-/m0/s1. The third kappa shape index (κ3) is 5.82. The molecule has 0 fully saturated rings. The Morgan fingerprint density at radius 2 is 1.84 bits per heavy atom. The molecule has 1 aliphatic rings. The zero-order valence-corrected chi connectivity index (χ0v) is 19.1. The fourth-order valence-electron chi connectivity index (χ4n) is 3.49. The normalized spacial score (nSPS) is 14.1. The molecule has 2 heterocycles. The fourth-order valence-corrected chi connectivity index (χ4v) is 4.08. The van der Waals surface area contributed by atoms with Gasteiger partial charge in [0.2, 0.25) is 11.8 Å². The first kappa shape index (κ1) is 22.2. The van der Waals surface area contributed by atoms with Crippen LogP contribution in [-0.4, -0.2) is 35.1 Å². The zero-order valence-electron chi connectivity index (χ0n) is 18.2. The topological polar surface area (TPSA) is 86.5 Å². The van der Waals surface area contributed by atoms with Crippen molar-refractivity contribution in [2.24, 2.45) is 5.92 Å². The van der Waals surface area contributed by atoms with Crippen LogP contribution in [0.1, 0.15) is 43.3 Å². The number of hydrogen-bond acceptors (Lipinski definition) is 7. The highest BCUT2D eigenvalue weighted by Gasteiger charge is 2.21. The Morgan fingerprint density at radius 3 is 2.62 bits per heavy atom. The molecule has 168 valence electrons. The molecule has 1 aromatic heterocycles. The zero-order chi connectivity index (χ0) is 22.3. The number of aromatic nitrogens is 2. The molecular weight excluding hydrogens is 426 g/mol. The number of hydrogen-bond donors (Lipinski definition) is 1. The van der Waals surface area contributed by atoms with Crippen LogP contribution >= 0.6 is 11.8 Å². The Kier molecular flexibility index (Phi) is 7.32. The highest BCUT2D eigenvalue weighted by Crippen LogP contribution is 2.34. The molecule has 0 saturated heterocycles. The molecule has 1 aliphatic heterocycles. The molecule has 2 aromatic carbocycles. The van der Waals surface area contributed by atoms with E-state index in [2.05, 4.69) is 29.4 Å². The van der Waals surface area contributed by atoms with Crippen LogP contribution in [0.2, 0.25) is 0 Å². The molecule has 1 atom stereocenters. The molecular formula is C24H27N3O4S. The molecule has 0 saturated carbocycles. The van der Waals surface area contributed by atoms with Gasteiger partial charge in [-0.2, -0.15) is 0 Å². The summed E-state index contributed by atoms with van der Waals surface area (Å²) in [5, 5.41) is 11.6. The Hall–Kier alpha value is -3.00. The Balaban J connectivity index is 1.34. The quantitative estimate of drug-likeness (QED) is 0.505. The monoisotopic (exact) mass is 453 g/mol. The van der Waals surface area contributed by atoms with E-state index in [9.17, 15) is 4.79 Å². The third-order valence-corrected chi connectivity index (χ3v) is 5.91. The summed E-state index contributed by atoms with van der Waals surface area (Å²) in [6.45, 7) is 5.43. The van der Waals surface area contributed by atoms with Crippen molar-refractivity contribution in [3.63, 3.8) is 0 Å². The summed E-state index contributed by atoms with van der Waals surface area (Å²) in [4.78, 5) is 12.7. The van der Waals surface area contributed by atoms with Gasteiger partial charge in [-0.3, -0.25) is 4.79 Å². The van der Waals surface area contributed by atoms with Crippen LogP contribution in [0.5, 0.6) is 11.5 Å². The lowest BCUT2D eigenvalue weighted by Crippen LogP contribution is -2.33. The van der Waals surface area contributed by atoms with Crippen molar-refractivity contribution >= 4 is 17.7 Å². The van der Waals surface area contributed by atoms with Crippen LogP contribution in [0, 0.1) is 5.92 Å². The summed E-state index contributed by atoms with van der Waals surface area (Å²) in [5.74, 6) is 2.31. The maximum Gasteiger partial charge on any atom is 0.277 e. The Labute approximate surface area is 191 Å². The second kappa shape index (κ2) is 10.5. The van der Waals surface area contributed by atoms with E-state index in [0.29, 0.717) is 30.7 Å². The Bertz CT molecular complexity index is 1040. The summed E-state index contributed by atoms with van der Waals surface area (Å²) in [6.07, 6.45) is 1.43. The number of ether oxygens (including phenoxy) is 2. The SMILES string of the molecule is CC(C)[C@H](NC(=O)CSc1nnc(Cc2ccccc2)o1)c1ccc2c(c1)OCCCO2. The summed E-state index contributed by atoms with van der Waals surface area (Å²) in [5.41, 5.74) is 2.09. The molecule has 4 rings (SSSR count). The van der Waals surface area contributed by atoms with Crippen LogP contribution in [0.4, 0.5) is 0 Å². The molecule has 0 radical (unpaired) electrons. The number of nitrogens with zero attached hydrogens (tertiary/aromatic N) is 2. The van der Waals surface area contributed by atoms with Crippen LogP contribution in [0.25, 0.3) is 0 Å². The molecule has 0 aliphatic carbocycles. The van der Waals surface area contributed by atoms with Crippen molar-refractivity contribution in [2.45, 2.75) is 38.0 Å². The lowest BCUT2D eigenvalue weighted by Gasteiger charge is -2.23. The number of fused-ring (bicyclic) bond motifs is 1. The molecule has 1 amide bonds. The van der Waals surface area contributed by atoms with E-state index in [4.69, 9.17) is 13.9 Å². The second-order valence-corrected chi connectivity index (χ2v) is 8.89. The van der Waals surface area contributed by atoms with Gasteiger partial charge in [0.05, 0.1) is 31.4 Å². The maximum atomic E-state index is 12.7. The molecule has 7 nitrogen and oxygen atoms in total. The van der Waals surface area contributed by atoms with Gasteiger partial charge in [0.25, 0.3) is 5.22 Å². The second-order valence-electron chi connectivity index (χ2n) is 7.96. The van der Waals surface area contributed by atoms with Crippen molar-refractivity contribution in [2.75, 3.05) is 19.0 Å². The van der Waals surface area contributed by atoms with Crippen LogP contribution in [-0.2, 0) is 11.2 Å². The predicted octanol–water partition coefficient (Wildman–Crippen LogP) is 4.43. The van der Waals surface area contributed by atoms with Crippen LogP contribution in [0.3, 0.4) is 0 Å². The van der Waals surface area contributed by atoms with Gasteiger partial charge in [0, 0.05) is 6.42 Å². The molecule has 0 spiro atoms. The first-order valence-corrected chi connectivity index (χ1v) is 11.7. The first-order valence-electron chi connectivity index (χ1n) is 10.8. The van der Waals surface area contributed by atoms with E-state index in [1.165, 1.54) is 11.8 Å². The van der Waals surface area contributed by atoms with Crippen molar-refractivity contribution in [3.8, 4) is 11.5 Å². The highest BCUT2D eigenvalue weighted by atomic mass is 32.2. The van der Waals surface area contributed by atoms with Crippen molar-refractivity contribution in [1.82, 2.24) is 15.5 Å². The highest BCUT2D eigenvalue weighted by molar-refractivity contribution is 7.99. The number of benzene rings is 2. The van der Waals surface area contributed by atoms with Gasteiger partial charge in [0.15, 0.2) is 11.5 Å². The maximum absolute atomic E-state index is 12.7. The molecule has 3 aromatic rings. The lowest BCUT2D eigenvalue weighted by atomic mass is 9.95. The van der Waals surface area contributed by atoms with Crippen molar-refractivity contribution in [1.29, 1.82) is 0 Å². The minimum atomic E-state index is -0.142. The third-order valence-electron chi connectivity index (χ3n) is 5.09. The van der Waals surface area contributed by atoms with Crippen LogP contribution in [0.15, 0.2) is 58.2 Å². The van der Waals surface area contributed by atoms with E-state index in [0.717, 1.165) is 29.0 Å². The number of thioether (sulfide) groups is 1.